The van der Waals surface area contributed by atoms with Gasteiger partial charge < -0.3 is 19.5 Å². The Kier molecular flexibility index (Phi) is 5.94. The smallest absolute Gasteiger partial charge is 0.355 e. The Morgan fingerprint density at radius 2 is 1.96 bits per heavy atom. The van der Waals surface area contributed by atoms with E-state index >= 15 is 0 Å². The lowest BCUT2D eigenvalue weighted by atomic mass is 10.1. The van der Waals surface area contributed by atoms with Crippen molar-refractivity contribution in [2.24, 2.45) is 0 Å². The van der Waals surface area contributed by atoms with Gasteiger partial charge in [-0.1, -0.05) is 0 Å². The van der Waals surface area contributed by atoms with E-state index in [0.717, 1.165) is 0 Å². The topological polar surface area (TPSA) is 130 Å². The number of aromatic nitrogens is 1. The van der Waals surface area contributed by atoms with Crippen LogP contribution in [0.2, 0.25) is 0 Å². The molecule has 138 valence electrons. The minimum Gasteiger partial charge on any atom is -0.467 e. The molecular formula is C17H19N3O6. The largest absolute Gasteiger partial charge is 0.467 e. The predicted molar refractivity (Wildman–Crippen MR) is 89.6 cm³/mol. The number of H-pyrrole nitrogens is 1. The number of carbonyl (C=O) groups is 4. The molecule has 0 bridgehead atoms. The van der Waals surface area contributed by atoms with Gasteiger partial charge in [-0.15, -0.1) is 0 Å². The Bertz CT molecular complexity index is 835. The molecule has 0 unspecified atom stereocenters. The molecule has 2 rings (SSSR count). The molecule has 9 nitrogen and oxygen atoms in total. The summed E-state index contributed by atoms with van der Waals surface area (Å²) < 4.78 is 9.91. The lowest BCUT2D eigenvalue weighted by Gasteiger charge is -2.06. The number of carbonyl (C=O) groups excluding carboxylic acids is 4. The molecular weight excluding hydrogens is 342 g/mol. The van der Waals surface area contributed by atoms with Crippen molar-refractivity contribution in [1.82, 2.24) is 15.6 Å². The summed E-state index contributed by atoms with van der Waals surface area (Å²) in [5.41, 5.74) is 1.52. The molecule has 0 fully saturated rings. The Balaban J connectivity index is 1.83. The summed E-state index contributed by atoms with van der Waals surface area (Å²) in [7, 11) is 0. The standard InChI is InChI=1S/C17H19N3O6/c1-9-14(11(3)21)10(2)19-15(9)16(23)26-8-13(22)20-17(24)18-7-12-5-4-6-25-12/h4-6,19H,7-8H2,1-3H3,(H2,18,20,22,24). The number of esters is 1. The van der Waals surface area contributed by atoms with Gasteiger partial charge in [-0.2, -0.15) is 0 Å². The number of hydrogen-bond acceptors (Lipinski definition) is 6. The molecule has 0 aliphatic rings. The summed E-state index contributed by atoms with van der Waals surface area (Å²) in [5.74, 6) is -1.23. The SMILES string of the molecule is CC(=O)c1c(C)[nH]c(C(=O)OCC(=O)NC(=O)NCc2ccco2)c1C. The van der Waals surface area contributed by atoms with Crippen molar-refractivity contribution in [2.75, 3.05) is 6.61 Å². The molecule has 0 aliphatic heterocycles. The number of imide groups is 1. The van der Waals surface area contributed by atoms with Crippen LogP contribution in [0.5, 0.6) is 0 Å². The normalized spacial score (nSPS) is 10.3. The number of ketones is 1. The lowest BCUT2D eigenvalue weighted by Crippen LogP contribution is -2.41. The Labute approximate surface area is 149 Å². The minimum absolute atomic E-state index is 0.0998. The van der Waals surface area contributed by atoms with Crippen LogP contribution in [0.3, 0.4) is 0 Å². The number of amides is 3. The van der Waals surface area contributed by atoms with Crippen LogP contribution in [-0.2, 0) is 16.1 Å². The fourth-order valence-corrected chi connectivity index (χ4v) is 2.47. The van der Waals surface area contributed by atoms with Crippen molar-refractivity contribution in [2.45, 2.75) is 27.3 Å². The van der Waals surface area contributed by atoms with E-state index < -0.39 is 24.5 Å². The molecule has 2 heterocycles. The summed E-state index contributed by atoms with van der Waals surface area (Å²) in [5, 5.41) is 4.45. The highest BCUT2D eigenvalue weighted by atomic mass is 16.5. The number of furan rings is 1. The first-order valence-corrected chi connectivity index (χ1v) is 7.77. The van der Waals surface area contributed by atoms with Crippen molar-refractivity contribution in [1.29, 1.82) is 0 Å². The number of hydrogen-bond donors (Lipinski definition) is 3. The molecule has 2 aromatic rings. The molecule has 0 atom stereocenters. The Morgan fingerprint density at radius 1 is 1.23 bits per heavy atom. The fraction of sp³-hybridized carbons (Fsp3) is 0.294. The molecule has 26 heavy (non-hydrogen) atoms. The zero-order valence-electron chi connectivity index (χ0n) is 14.6. The molecule has 9 heteroatoms. The van der Waals surface area contributed by atoms with Crippen LogP contribution in [0.25, 0.3) is 0 Å². The highest BCUT2D eigenvalue weighted by molar-refractivity contribution is 6.02. The molecule has 0 saturated heterocycles. The second-order valence-electron chi connectivity index (χ2n) is 5.57. The average Bonchev–Trinajstić information content (AvgIpc) is 3.18. The summed E-state index contributed by atoms with van der Waals surface area (Å²) in [6, 6.07) is 2.59. The third-order valence-corrected chi connectivity index (χ3v) is 3.58. The molecule has 0 radical (unpaired) electrons. The van der Waals surface area contributed by atoms with Gasteiger partial charge in [0.25, 0.3) is 5.91 Å². The molecule has 2 aromatic heterocycles. The highest BCUT2D eigenvalue weighted by Gasteiger charge is 2.21. The van der Waals surface area contributed by atoms with E-state index in [9.17, 15) is 19.2 Å². The van der Waals surface area contributed by atoms with Gasteiger partial charge in [0.05, 0.1) is 12.8 Å². The maximum Gasteiger partial charge on any atom is 0.355 e. The van der Waals surface area contributed by atoms with Crippen molar-refractivity contribution in [3.05, 3.63) is 46.7 Å². The average molecular weight is 361 g/mol. The quantitative estimate of drug-likeness (QED) is 0.529. The van der Waals surface area contributed by atoms with E-state index in [1.165, 1.54) is 13.2 Å². The monoisotopic (exact) mass is 361 g/mol. The van der Waals surface area contributed by atoms with Crippen molar-refractivity contribution >= 4 is 23.7 Å². The first-order chi connectivity index (χ1) is 12.3. The number of Topliss-reactive ketones (excluding diaryl/α,β-unsaturated/α-hetero) is 1. The zero-order chi connectivity index (χ0) is 19.3. The Hall–Kier alpha value is -3.36. The van der Waals surface area contributed by atoms with E-state index in [-0.39, 0.29) is 18.0 Å². The van der Waals surface area contributed by atoms with E-state index in [2.05, 4.69) is 10.3 Å². The van der Waals surface area contributed by atoms with Crippen LogP contribution in [0.1, 0.15) is 44.8 Å². The predicted octanol–water partition coefficient (Wildman–Crippen LogP) is 1.61. The first-order valence-electron chi connectivity index (χ1n) is 7.77. The summed E-state index contributed by atoms with van der Waals surface area (Å²) in [4.78, 5) is 49.7. The van der Waals surface area contributed by atoms with Gasteiger partial charge in [0.2, 0.25) is 0 Å². The van der Waals surface area contributed by atoms with E-state index in [0.29, 0.717) is 22.6 Å². The van der Waals surface area contributed by atoms with E-state index in [4.69, 9.17) is 9.15 Å². The highest BCUT2D eigenvalue weighted by Crippen LogP contribution is 2.19. The van der Waals surface area contributed by atoms with Gasteiger partial charge in [-0.3, -0.25) is 14.9 Å². The van der Waals surface area contributed by atoms with Crippen LogP contribution in [0.15, 0.2) is 22.8 Å². The Morgan fingerprint density at radius 3 is 2.54 bits per heavy atom. The maximum atomic E-state index is 12.1. The molecule has 0 aromatic carbocycles. The summed E-state index contributed by atoms with van der Waals surface area (Å²) in [6.07, 6.45) is 1.46. The van der Waals surface area contributed by atoms with Crippen LogP contribution >= 0.6 is 0 Å². The molecule has 0 spiro atoms. The third kappa shape index (κ3) is 4.59. The van der Waals surface area contributed by atoms with Crippen LogP contribution in [0, 0.1) is 13.8 Å². The van der Waals surface area contributed by atoms with Gasteiger partial charge >= 0.3 is 12.0 Å². The number of aryl methyl sites for hydroxylation is 1. The van der Waals surface area contributed by atoms with E-state index in [1.807, 2.05) is 5.32 Å². The lowest BCUT2D eigenvalue weighted by molar-refractivity contribution is -0.123. The van der Waals surface area contributed by atoms with Gasteiger partial charge in [-0.25, -0.2) is 9.59 Å². The van der Waals surface area contributed by atoms with Crippen molar-refractivity contribution < 1.29 is 28.3 Å². The van der Waals surface area contributed by atoms with Gasteiger partial charge in [0, 0.05) is 11.3 Å². The van der Waals surface area contributed by atoms with Crippen molar-refractivity contribution in [3.63, 3.8) is 0 Å². The summed E-state index contributed by atoms with van der Waals surface area (Å²) >= 11 is 0. The van der Waals surface area contributed by atoms with Crippen LogP contribution in [-0.4, -0.2) is 35.3 Å². The second-order valence-corrected chi connectivity index (χ2v) is 5.57. The maximum absolute atomic E-state index is 12.1. The molecule has 0 saturated carbocycles. The molecule has 3 amide bonds. The number of urea groups is 1. The van der Waals surface area contributed by atoms with Gasteiger partial charge in [0.1, 0.15) is 11.5 Å². The van der Waals surface area contributed by atoms with E-state index in [1.54, 1.807) is 26.0 Å². The van der Waals surface area contributed by atoms with Crippen LogP contribution in [0.4, 0.5) is 4.79 Å². The zero-order valence-corrected chi connectivity index (χ0v) is 14.6. The molecule has 0 aliphatic carbocycles. The van der Waals surface area contributed by atoms with Crippen molar-refractivity contribution in [3.8, 4) is 0 Å². The number of nitrogens with one attached hydrogen (secondary N) is 3. The van der Waals surface area contributed by atoms with Gasteiger partial charge in [0.15, 0.2) is 12.4 Å². The second kappa shape index (κ2) is 8.15. The third-order valence-electron chi connectivity index (χ3n) is 3.58. The van der Waals surface area contributed by atoms with Gasteiger partial charge in [-0.05, 0) is 38.5 Å². The number of rotatable bonds is 6. The number of aromatic amines is 1. The number of ether oxygens (including phenoxy) is 1. The van der Waals surface area contributed by atoms with Crippen LogP contribution < -0.4 is 10.6 Å². The molecule has 3 N–H and O–H groups in total. The first kappa shape index (κ1) is 19.0. The summed E-state index contributed by atoms with van der Waals surface area (Å²) in [6.45, 7) is 4.14. The minimum atomic E-state index is -0.789. The fourth-order valence-electron chi connectivity index (χ4n) is 2.47.